The van der Waals surface area contributed by atoms with Crippen LogP contribution in [0, 0.1) is 13.8 Å². The van der Waals surface area contributed by atoms with Gasteiger partial charge >= 0.3 is 0 Å². The highest BCUT2D eigenvalue weighted by atomic mass is 16.2. The predicted molar refractivity (Wildman–Crippen MR) is 87.7 cm³/mol. The highest BCUT2D eigenvalue weighted by molar-refractivity contribution is 5.73. The molecule has 2 rings (SSSR count). The van der Waals surface area contributed by atoms with Crippen molar-refractivity contribution in [2.75, 3.05) is 26.2 Å². The van der Waals surface area contributed by atoms with Gasteiger partial charge in [-0.15, -0.1) is 0 Å². The second-order valence-corrected chi connectivity index (χ2v) is 7.22. The van der Waals surface area contributed by atoms with Crippen LogP contribution in [0.1, 0.15) is 50.5 Å². The minimum Gasteiger partial charge on any atom is -0.340 e. The molecule has 0 unspecified atom stereocenters. The lowest BCUT2D eigenvalue weighted by molar-refractivity contribution is -0.130. The standard InChI is InChI=1S/C17H28N4O/c1-12-16(17(4,5)6)13(2)19-15(18-12)11-20-7-9-21(10-8-20)14(3)22/h7-11H2,1-6H3. The first-order valence-corrected chi connectivity index (χ1v) is 8.01. The lowest BCUT2D eigenvalue weighted by Gasteiger charge is -2.34. The number of carbonyl (C=O) groups is 1. The van der Waals surface area contributed by atoms with E-state index in [1.807, 2.05) is 4.90 Å². The molecule has 5 heteroatoms. The van der Waals surface area contributed by atoms with Crippen LogP contribution in [-0.4, -0.2) is 51.9 Å². The topological polar surface area (TPSA) is 49.3 Å². The van der Waals surface area contributed by atoms with Gasteiger partial charge < -0.3 is 4.90 Å². The van der Waals surface area contributed by atoms with Crippen molar-refractivity contribution in [3.05, 3.63) is 22.8 Å². The fourth-order valence-corrected chi connectivity index (χ4v) is 3.36. The number of rotatable bonds is 2. The molecule has 0 spiro atoms. The van der Waals surface area contributed by atoms with Crippen molar-refractivity contribution < 1.29 is 4.79 Å². The summed E-state index contributed by atoms with van der Waals surface area (Å²) in [6.07, 6.45) is 0. The normalized spacial score (nSPS) is 16.9. The maximum atomic E-state index is 11.4. The molecule has 122 valence electrons. The van der Waals surface area contributed by atoms with Gasteiger partial charge in [0, 0.05) is 50.1 Å². The zero-order valence-electron chi connectivity index (χ0n) is 14.7. The van der Waals surface area contributed by atoms with E-state index in [1.54, 1.807) is 6.92 Å². The summed E-state index contributed by atoms with van der Waals surface area (Å²) < 4.78 is 0. The van der Waals surface area contributed by atoms with Crippen molar-refractivity contribution in [2.45, 2.75) is 53.5 Å². The van der Waals surface area contributed by atoms with E-state index >= 15 is 0 Å². The maximum absolute atomic E-state index is 11.4. The van der Waals surface area contributed by atoms with Gasteiger partial charge in [0.05, 0.1) is 6.54 Å². The van der Waals surface area contributed by atoms with Gasteiger partial charge in [-0.25, -0.2) is 9.97 Å². The van der Waals surface area contributed by atoms with Gasteiger partial charge in [0.15, 0.2) is 0 Å². The van der Waals surface area contributed by atoms with Crippen LogP contribution in [0.25, 0.3) is 0 Å². The molecule has 0 atom stereocenters. The zero-order valence-corrected chi connectivity index (χ0v) is 14.7. The van der Waals surface area contributed by atoms with Crippen molar-refractivity contribution >= 4 is 5.91 Å². The Labute approximate surface area is 133 Å². The Bertz CT molecular complexity index is 531. The molecular formula is C17H28N4O. The summed E-state index contributed by atoms with van der Waals surface area (Å²) in [7, 11) is 0. The van der Waals surface area contributed by atoms with E-state index in [9.17, 15) is 4.79 Å². The highest BCUT2D eigenvalue weighted by Crippen LogP contribution is 2.27. The van der Waals surface area contributed by atoms with Crippen LogP contribution in [0.15, 0.2) is 0 Å². The molecule has 0 aliphatic carbocycles. The molecule has 0 bridgehead atoms. The minimum absolute atomic E-state index is 0.0693. The van der Waals surface area contributed by atoms with Crippen LogP contribution in [0.2, 0.25) is 0 Å². The van der Waals surface area contributed by atoms with Gasteiger partial charge in [0.25, 0.3) is 0 Å². The smallest absolute Gasteiger partial charge is 0.219 e. The van der Waals surface area contributed by atoms with E-state index in [4.69, 9.17) is 9.97 Å². The number of piperazine rings is 1. The number of nitrogens with zero attached hydrogens (tertiary/aromatic N) is 4. The Morgan fingerprint density at radius 3 is 1.95 bits per heavy atom. The summed E-state index contributed by atoms with van der Waals surface area (Å²) in [5.74, 6) is 1.05. The zero-order chi connectivity index (χ0) is 16.5. The molecule has 5 nitrogen and oxygen atoms in total. The summed E-state index contributed by atoms with van der Waals surface area (Å²) in [4.78, 5) is 25.0. The Balaban J connectivity index is 2.08. The third kappa shape index (κ3) is 3.83. The van der Waals surface area contributed by atoms with E-state index in [-0.39, 0.29) is 11.3 Å². The van der Waals surface area contributed by atoms with Crippen molar-refractivity contribution in [2.24, 2.45) is 0 Å². The first kappa shape index (κ1) is 16.9. The number of carbonyl (C=O) groups excluding carboxylic acids is 1. The Morgan fingerprint density at radius 1 is 1.05 bits per heavy atom. The first-order chi connectivity index (χ1) is 10.2. The number of aromatic nitrogens is 2. The van der Waals surface area contributed by atoms with Crippen molar-refractivity contribution in [3.8, 4) is 0 Å². The van der Waals surface area contributed by atoms with Crippen LogP contribution in [-0.2, 0) is 16.8 Å². The fraction of sp³-hybridized carbons (Fsp3) is 0.706. The average molecular weight is 304 g/mol. The van der Waals surface area contributed by atoms with E-state index in [2.05, 4.69) is 39.5 Å². The summed E-state index contributed by atoms with van der Waals surface area (Å²) >= 11 is 0. The Hall–Kier alpha value is -1.49. The van der Waals surface area contributed by atoms with Gasteiger partial charge in [-0.3, -0.25) is 9.69 Å². The summed E-state index contributed by atoms with van der Waals surface area (Å²) in [6, 6.07) is 0. The number of aryl methyl sites for hydroxylation is 2. The molecule has 0 saturated carbocycles. The minimum atomic E-state index is 0.0693. The predicted octanol–water partition coefficient (Wildman–Crippen LogP) is 2.06. The summed E-state index contributed by atoms with van der Waals surface area (Å²) in [6.45, 7) is 16.5. The van der Waals surface area contributed by atoms with Gasteiger partial charge in [-0.2, -0.15) is 0 Å². The molecule has 1 aliphatic heterocycles. The largest absolute Gasteiger partial charge is 0.340 e. The quantitative estimate of drug-likeness (QED) is 0.839. The molecule has 1 aromatic rings. The average Bonchev–Trinajstić information content (AvgIpc) is 2.36. The number of hydrogen-bond acceptors (Lipinski definition) is 4. The molecule has 1 saturated heterocycles. The third-order valence-electron chi connectivity index (χ3n) is 4.25. The van der Waals surface area contributed by atoms with Gasteiger partial charge in [0.2, 0.25) is 5.91 Å². The van der Waals surface area contributed by atoms with Crippen LogP contribution in [0.5, 0.6) is 0 Å². The summed E-state index contributed by atoms with van der Waals surface area (Å²) in [5.41, 5.74) is 3.48. The van der Waals surface area contributed by atoms with Crippen molar-refractivity contribution in [1.29, 1.82) is 0 Å². The molecule has 0 aromatic carbocycles. The first-order valence-electron chi connectivity index (χ1n) is 8.01. The second kappa shape index (κ2) is 6.32. The van der Waals surface area contributed by atoms with E-state index < -0.39 is 0 Å². The second-order valence-electron chi connectivity index (χ2n) is 7.22. The third-order valence-corrected chi connectivity index (χ3v) is 4.25. The van der Waals surface area contributed by atoms with Crippen molar-refractivity contribution in [1.82, 2.24) is 19.8 Å². The van der Waals surface area contributed by atoms with E-state index in [1.165, 1.54) is 5.56 Å². The molecule has 22 heavy (non-hydrogen) atoms. The summed E-state index contributed by atoms with van der Waals surface area (Å²) in [5, 5.41) is 0. The SMILES string of the molecule is CC(=O)N1CCN(Cc2nc(C)c(C(C)(C)C)c(C)n2)CC1. The molecule has 0 N–H and O–H groups in total. The lowest BCUT2D eigenvalue weighted by atomic mass is 9.85. The Kier molecular flexibility index (Phi) is 4.85. The van der Waals surface area contributed by atoms with Crippen LogP contribution in [0.3, 0.4) is 0 Å². The number of hydrogen-bond donors (Lipinski definition) is 0. The Morgan fingerprint density at radius 2 is 1.55 bits per heavy atom. The van der Waals surface area contributed by atoms with Gasteiger partial charge in [-0.1, -0.05) is 20.8 Å². The molecule has 2 heterocycles. The lowest BCUT2D eigenvalue weighted by Crippen LogP contribution is -2.47. The molecule has 1 aromatic heterocycles. The van der Waals surface area contributed by atoms with Gasteiger partial charge in [-0.05, 0) is 19.3 Å². The molecule has 1 aliphatic rings. The number of amides is 1. The van der Waals surface area contributed by atoms with Crippen LogP contribution in [0.4, 0.5) is 0 Å². The molecular weight excluding hydrogens is 276 g/mol. The van der Waals surface area contributed by atoms with Gasteiger partial charge in [0.1, 0.15) is 5.82 Å². The fourth-order valence-electron chi connectivity index (χ4n) is 3.36. The highest BCUT2D eigenvalue weighted by Gasteiger charge is 2.23. The molecule has 0 radical (unpaired) electrons. The monoisotopic (exact) mass is 304 g/mol. The van der Waals surface area contributed by atoms with Crippen LogP contribution >= 0.6 is 0 Å². The van der Waals surface area contributed by atoms with Crippen molar-refractivity contribution in [3.63, 3.8) is 0 Å². The molecule has 1 fully saturated rings. The van der Waals surface area contributed by atoms with E-state index in [0.29, 0.717) is 0 Å². The van der Waals surface area contributed by atoms with E-state index in [0.717, 1.165) is 49.9 Å². The maximum Gasteiger partial charge on any atom is 0.219 e. The van der Waals surface area contributed by atoms with Crippen LogP contribution < -0.4 is 0 Å². The molecule has 1 amide bonds.